The van der Waals surface area contributed by atoms with Crippen LogP contribution in [-0.2, 0) is 0 Å². The van der Waals surface area contributed by atoms with Gasteiger partial charge in [-0.25, -0.2) is 0 Å². The van der Waals surface area contributed by atoms with Gasteiger partial charge in [0.25, 0.3) is 0 Å². The topological polar surface area (TPSA) is 18.5 Å². The highest BCUT2D eigenvalue weighted by Crippen LogP contribution is 2.46. The third-order valence-electron chi connectivity index (χ3n) is 4.01. The highest BCUT2D eigenvalue weighted by molar-refractivity contribution is 7.25. The van der Waals surface area contributed by atoms with Crippen LogP contribution >= 0.6 is 22.7 Å². The summed E-state index contributed by atoms with van der Waals surface area (Å²) in [5.74, 6) is 1.51. The summed E-state index contributed by atoms with van der Waals surface area (Å²) < 4.78 is 10.8. The van der Waals surface area contributed by atoms with E-state index in [-0.39, 0.29) is 0 Å². The zero-order valence-electron chi connectivity index (χ0n) is 13.4. The highest BCUT2D eigenvalue weighted by Gasteiger charge is 2.16. The van der Waals surface area contributed by atoms with Crippen LogP contribution in [0.1, 0.15) is 0 Å². The van der Waals surface area contributed by atoms with Crippen LogP contribution in [0.25, 0.3) is 31.0 Å². The van der Waals surface area contributed by atoms with Crippen molar-refractivity contribution in [2.24, 2.45) is 0 Å². The van der Waals surface area contributed by atoms with E-state index in [1.54, 1.807) is 25.6 Å². The van der Waals surface area contributed by atoms with E-state index in [2.05, 4.69) is 53.9 Å². The van der Waals surface area contributed by atoms with Gasteiger partial charge in [-0.15, -0.1) is 22.7 Å². The molecule has 0 atom stereocenters. The molecule has 0 saturated heterocycles. The molecule has 2 heterocycles. The normalized spacial score (nSPS) is 10.9. The zero-order chi connectivity index (χ0) is 16.5. The molecule has 0 aliphatic rings. The number of hydrogen-bond donors (Lipinski definition) is 0. The number of methoxy groups -OCH3 is 2. The lowest BCUT2D eigenvalue weighted by atomic mass is 10.1. The molecule has 24 heavy (non-hydrogen) atoms. The van der Waals surface area contributed by atoms with Crippen molar-refractivity contribution >= 4 is 33.4 Å². The fraction of sp³-hybridized carbons (Fsp3) is 0.100. The summed E-state index contributed by atoms with van der Waals surface area (Å²) in [6, 6.07) is 19.0. The number of hydrogen-bond acceptors (Lipinski definition) is 4. The summed E-state index contributed by atoms with van der Waals surface area (Å²) in [7, 11) is 3.33. The average molecular weight is 352 g/mol. The number of benzene rings is 2. The third-order valence-corrected chi connectivity index (χ3v) is 6.33. The molecule has 2 nitrogen and oxygen atoms in total. The van der Waals surface area contributed by atoms with Gasteiger partial charge in [0.2, 0.25) is 0 Å². The Morgan fingerprint density at radius 2 is 1.50 bits per heavy atom. The van der Waals surface area contributed by atoms with Gasteiger partial charge in [0.1, 0.15) is 0 Å². The number of fused-ring (bicyclic) bond motifs is 1. The van der Waals surface area contributed by atoms with Gasteiger partial charge in [0, 0.05) is 20.5 Å². The Balaban J connectivity index is 1.95. The molecule has 0 spiro atoms. The van der Waals surface area contributed by atoms with Crippen LogP contribution in [0.5, 0.6) is 11.5 Å². The van der Waals surface area contributed by atoms with Gasteiger partial charge in [-0.1, -0.05) is 30.3 Å². The van der Waals surface area contributed by atoms with E-state index < -0.39 is 0 Å². The van der Waals surface area contributed by atoms with Gasteiger partial charge in [0.15, 0.2) is 11.5 Å². The largest absolute Gasteiger partial charge is 0.493 e. The summed E-state index contributed by atoms with van der Waals surface area (Å²) in [6.45, 7) is 0. The molecule has 2 aromatic heterocycles. The molecule has 0 fully saturated rings. The Hall–Kier alpha value is -2.30. The maximum absolute atomic E-state index is 5.47. The van der Waals surface area contributed by atoms with Gasteiger partial charge >= 0.3 is 0 Å². The van der Waals surface area contributed by atoms with Crippen molar-refractivity contribution in [3.63, 3.8) is 0 Å². The predicted octanol–water partition coefficient (Wildman–Crippen LogP) is 6.31. The number of rotatable bonds is 4. The first-order chi connectivity index (χ1) is 11.8. The van der Waals surface area contributed by atoms with Crippen LogP contribution in [0.4, 0.5) is 0 Å². The van der Waals surface area contributed by atoms with Crippen LogP contribution in [0.3, 0.4) is 0 Å². The second-order valence-electron chi connectivity index (χ2n) is 5.35. The van der Waals surface area contributed by atoms with E-state index >= 15 is 0 Å². The van der Waals surface area contributed by atoms with Crippen LogP contribution in [0.15, 0.2) is 60.0 Å². The van der Waals surface area contributed by atoms with E-state index in [0.29, 0.717) is 0 Å². The lowest BCUT2D eigenvalue weighted by Crippen LogP contribution is -1.90. The summed E-state index contributed by atoms with van der Waals surface area (Å²) in [6.07, 6.45) is 0. The first kappa shape index (κ1) is 15.2. The molecular formula is C20H16O2S2. The van der Waals surface area contributed by atoms with Crippen molar-refractivity contribution in [2.75, 3.05) is 14.2 Å². The molecule has 0 N–H and O–H groups in total. The Morgan fingerprint density at radius 1 is 0.750 bits per heavy atom. The van der Waals surface area contributed by atoms with Crippen molar-refractivity contribution in [3.8, 4) is 31.7 Å². The van der Waals surface area contributed by atoms with Gasteiger partial charge in [-0.2, -0.15) is 0 Å². The van der Waals surface area contributed by atoms with Gasteiger partial charge in [-0.3, -0.25) is 0 Å². The first-order valence-corrected chi connectivity index (χ1v) is 9.29. The van der Waals surface area contributed by atoms with Crippen molar-refractivity contribution in [3.05, 3.63) is 60.0 Å². The van der Waals surface area contributed by atoms with Crippen LogP contribution in [-0.4, -0.2) is 14.2 Å². The minimum absolute atomic E-state index is 0.751. The van der Waals surface area contributed by atoms with E-state index in [1.807, 2.05) is 17.4 Å². The van der Waals surface area contributed by atoms with Crippen LogP contribution in [0, 0.1) is 0 Å². The lowest BCUT2D eigenvalue weighted by Gasteiger charge is -2.09. The Kier molecular flexibility index (Phi) is 4.00. The summed E-state index contributed by atoms with van der Waals surface area (Å²) in [4.78, 5) is 3.89. The molecule has 0 unspecified atom stereocenters. The summed E-state index contributed by atoms with van der Waals surface area (Å²) in [5.41, 5.74) is 1.15. The molecular weight excluding hydrogens is 336 g/mol. The molecule has 0 radical (unpaired) electrons. The minimum atomic E-state index is 0.751. The molecule has 120 valence electrons. The number of thiophene rings is 2. The average Bonchev–Trinajstić information content (AvgIpc) is 3.28. The van der Waals surface area contributed by atoms with E-state index in [0.717, 1.165) is 17.1 Å². The van der Waals surface area contributed by atoms with E-state index in [9.17, 15) is 0 Å². The Labute approximate surface area is 148 Å². The fourth-order valence-corrected chi connectivity index (χ4v) is 5.01. The molecule has 0 bridgehead atoms. The second kappa shape index (κ2) is 6.30. The van der Waals surface area contributed by atoms with Gasteiger partial charge < -0.3 is 9.47 Å². The molecule has 4 heteroatoms. The van der Waals surface area contributed by atoms with Crippen molar-refractivity contribution < 1.29 is 9.47 Å². The van der Waals surface area contributed by atoms with E-state index in [4.69, 9.17) is 9.47 Å². The maximum atomic E-state index is 5.47. The quantitative estimate of drug-likeness (QED) is 0.428. The SMILES string of the molecule is COc1ccc(-c2sc(-c3cccs3)c3ccccc23)cc1OC. The number of ether oxygens (including phenoxy) is 2. The molecule has 4 rings (SSSR count). The van der Waals surface area contributed by atoms with Crippen molar-refractivity contribution in [2.45, 2.75) is 0 Å². The second-order valence-corrected chi connectivity index (χ2v) is 7.32. The van der Waals surface area contributed by atoms with Crippen LogP contribution in [0.2, 0.25) is 0 Å². The first-order valence-electron chi connectivity index (χ1n) is 7.59. The van der Waals surface area contributed by atoms with Crippen molar-refractivity contribution in [1.29, 1.82) is 0 Å². The highest BCUT2D eigenvalue weighted by atomic mass is 32.1. The monoisotopic (exact) mass is 352 g/mol. The Morgan fingerprint density at radius 3 is 2.17 bits per heavy atom. The maximum Gasteiger partial charge on any atom is 0.161 e. The lowest BCUT2D eigenvalue weighted by molar-refractivity contribution is 0.355. The predicted molar refractivity (Wildman–Crippen MR) is 104 cm³/mol. The molecule has 0 saturated carbocycles. The fourth-order valence-electron chi connectivity index (χ4n) is 2.87. The third kappa shape index (κ3) is 2.48. The zero-order valence-corrected chi connectivity index (χ0v) is 15.0. The smallest absolute Gasteiger partial charge is 0.161 e. The van der Waals surface area contributed by atoms with E-state index in [1.165, 1.54) is 25.4 Å². The molecule has 2 aromatic carbocycles. The summed E-state index contributed by atoms with van der Waals surface area (Å²) >= 11 is 3.61. The molecule has 0 aliphatic carbocycles. The summed E-state index contributed by atoms with van der Waals surface area (Å²) in [5, 5.41) is 4.70. The molecule has 0 aliphatic heterocycles. The standard InChI is InChI=1S/C20H16O2S2/c1-21-16-10-9-13(12-17(16)22-2)19-14-6-3-4-7-15(14)20(24-19)18-8-5-11-23-18/h3-12H,1-2H3. The van der Waals surface area contributed by atoms with Crippen LogP contribution < -0.4 is 9.47 Å². The van der Waals surface area contributed by atoms with Gasteiger partial charge in [-0.05, 0) is 35.2 Å². The molecule has 4 aromatic rings. The van der Waals surface area contributed by atoms with Crippen molar-refractivity contribution in [1.82, 2.24) is 0 Å². The molecule has 0 amide bonds. The van der Waals surface area contributed by atoms with Gasteiger partial charge in [0.05, 0.1) is 19.1 Å². The minimum Gasteiger partial charge on any atom is -0.493 e. The Bertz CT molecular complexity index is 984.